The number of carbonyl (C=O) groups is 1. The maximum atomic E-state index is 12.5. The van der Waals surface area contributed by atoms with Crippen LogP contribution in [0, 0.1) is 4.77 Å². The number of aromatic nitrogens is 2. The highest BCUT2D eigenvalue weighted by atomic mass is 79.9. The zero-order valence-electron chi connectivity index (χ0n) is 12.9. The van der Waals surface area contributed by atoms with Crippen LogP contribution >= 0.6 is 28.1 Å². The van der Waals surface area contributed by atoms with Crippen molar-refractivity contribution >= 4 is 39.9 Å². The van der Waals surface area contributed by atoms with Crippen LogP contribution in [0.1, 0.15) is 24.0 Å². The summed E-state index contributed by atoms with van der Waals surface area (Å²) >= 11 is 8.47. The number of allylic oxidation sites excluding steroid dienone is 1. The first-order chi connectivity index (χ1) is 11.4. The summed E-state index contributed by atoms with van der Waals surface area (Å²) < 4.78 is 5.99. The van der Waals surface area contributed by atoms with E-state index in [0.717, 1.165) is 10.0 Å². The van der Waals surface area contributed by atoms with E-state index < -0.39 is 11.9 Å². The van der Waals surface area contributed by atoms with Gasteiger partial charge in [0.25, 0.3) is 5.56 Å². The molecule has 24 heavy (non-hydrogen) atoms. The van der Waals surface area contributed by atoms with Gasteiger partial charge in [0.05, 0.1) is 24.2 Å². The molecule has 3 rings (SSSR count). The van der Waals surface area contributed by atoms with E-state index in [1.807, 2.05) is 24.3 Å². The first-order valence-corrected chi connectivity index (χ1v) is 8.30. The second kappa shape index (κ2) is 6.37. The van der Waals surface area contributed by atoms with E-state index in [9.17, 15) is 9.59 Å². The van der Waals surface area contributed by atoms with E-state index in [4.69, 9.17) is 17.0 Å². The number of ether oxygens (including phenoxy) is 1. The zero-order valence-corrected chi connectivity index (χ0v) is 15.3. The molecule has 0 saturated carbocycles. The number of halogens is 1. The molecule has 0 bridgehead atoms. The number of rotatable bonds is 2. The van der Waals surface area contributed by atoms with Crippen LogP contribution in [0.2, 0.25) is 0 Å². The number of hydrogen-bond acceptors (Lipinski definition) is 5. The minimum atomic E-state index is -0.568. The number of carbonyl (C=O) groups excluding carboxylic acids is 1. The Labute approximate surface area is 151 Å². The van der Waals surface area contributed by atoms with Crippen molar-refractivity contribution in [1.29, 1.82) is 0 Å². The normalized spacial score (nSPS) is 16.4. The maximum Gasteiger partial charge on any atom is 0.336 e. The van der Waals surface area contributed by atoms with Gasteiger partial charge >= 0.3 is 5.97 Å². The van der Waals surface area contributed by atoms with Gasteiger partial charge in [-0.25, -0.2) is 4.79 Å². The zero-order chi connectivity index (χ0) is 17.4. The van der Waals surface area contributed by atoms with E-state index in [1.165, 1.54) is 7.11 Å². The summed E-state index contributed by atoms with van der Waals surface area (Å²) in [6.07, 6.45) is 0. The highest BCUT2D eigenvalue weighted by molar-refractivity contribution is 9.10. The van der Waals surface area contributed by atoms with Crippen molar-refractivity contribution in [1.82, 2.24) is 9.97 Å². The molecule has 0 spiro atoms. The number of hydrogen-bond donors (Lipinski definition) is 3. The Kier molecular flexibility index (Phi) is 4.42. The number of H-pyrrole nitrogens is 2. The third-order valence-corrected chi connectivity index (χ3v) is 4.56. The second-order valence-electron chi connectivity index (χ2n) is 5.34. The van der Waals surface area contributed by atoms with Gasteiger partial charge in [0.15, 0.2) is 4.77 Å². The molecule has 1 unspecified atom stereocenters. The summed E-state index contributed by atoms with van der Waals surface area (Å²) in [6, 6.07) is 7.46. The van der Waals surface area contributed by atoms with Crippen molar-refractivity contribution in [2.75, 3.05) is 12.4 Å². The molecule has 3 N–H and O–H groups in total. The molecule has 0 radical (unpaired) electrons. The van der Waals surface area contributed by atoms with Crippen LogP contribution < -0.4 is 10.9 Å². The lowest BCUT2D eigenvalue weighted by atomic mass is 9.82. The third-order valence-electron chi connectivity index (χ3n) is 3.86. The Hall–Kier alpha value is -2.19. The molecule has 8 heteroatoms. The SMILES string of the molecule is COC(=O)C1=C(C)Nc2[nH]c(=S)[nH]c(=O)c2C1c1cccc(Br)c1. The lowest BCUT2D eigenvalue weighted by Crippen LogP contribution is -2.30. The summed E-state index contributed by atoms with van der Waals surface area (Å²) in [4.78, 5) is 30.4. The Bertz CT molecular complexity index is 977. The van der Waals surface area contributed by atoms with Gasteiger partial charge in [-0.1, -0.05) is 28.1 Å². The fraction of sp³-hybridized carbons (Fsp3) is 0.188. The van der Waals surface area contributed by atoms with Crippen molar-refractivity contribution in [3.05, 3.63) is 66.3 Å². The molecule has 124 valence electrons. The number of aromatic amines is 2. The first kappa shape index (κ1) is 16.7. The monoisotopic (exact) mass is 407 g/mol. The number of esters is 1. The second-order valence-corrected chi connectivity index (χ2v) is 6.66. The predicted molar refractivity (Wildman–Crippen MR) is 96.6 cm³/mol. The topological polar surface area (TPSA) is 87.0 Å². The van der Waals surface area contributed by atoms with Crippen molar-refractivity contribution in [3.8, 4) is 0 Å². The van der Waals surface area contributed by atoms with Crippen LogP contribution in [0.4, 0.5) is 5.82 Å². The predicted octanol–water partition coefficient (Wildman–Crippen LogP) is 3.20. The van der Waals surface area contributed by atoms with Gasteiger partial charge in [0.1, 0.15) is 5.82 Å². The largest absolute Gasteiger partial charge is 0.466 e. The molecular weight excluding hydrogens is 394 g/mol. The van der Waals surface area contributed by atoms with Crippen LogP contribution in [-0.4, -0.2) is 23.0 Å². The highest BCUT2D eigenvalue weighted by Crippen LogP contribution is 2.39. The van der Waals surface area contributed by atoms with Crippen molar-refractivity contribution in [2.24, 2.45) is 0 Å². The molecule has 0 fully saturated rings. The Morgan fingerprint density at radius 2 is 2.08 bits per heavy atom. The number of benzene rings is 1. The fourth-order valence-corrected chi connectivity index (χ4v) is 3.50. The standard InChI is InChI=1S/C16H14BrN3O3S/c1-7-10(15(22)23-2)11(8-4-3-5-9(17)6-8)12-13(18-7)19-16(24)20-14(12)21/h3-6,11H,1-2H3,(H3,18,19,20,21,24). The van der Waals surface area contributed by atoms with Gasteiger partial charge in [-0.2, -0.15) is 0 Å². The van der Waals surface area contributed by atoms with Gasteiger partial charge in [-0.3, -0.25) is 9.78 Å². The van der Waals surface area contributed by atoms with Crippen LogP contribution in [0.5, 0.6) is 0 Å². The summed E-state index contributed by atoms with van der Waals surface area (Å²) in [6.45, 7) is 1.76. The molecule has 1 aliphatic heterocycles. The molecule has 1 aliphatic rings. The van der Waals surface area contributed by atoms with Crippen LogP contribution in [-0.2, 0) is 9.53 Å². The number of fused-ring (bicyclic) bond motifs is 1. The average molecular weight is 408 g/mol. The molecule has 0 amide bonds. The van der Waals surface area contributed by atoms with Gasteiger partial charge in [-0.05, 0) is 36.8 Å². The number of anilines is 1. The summed E-state index contributed by atoms with van der Waals surface area (Å²) in [5.41, 5.74) is 1.84. The van der Waals surface area contributed by atoms with Crippen molar-refractivity contribution in [2.45, 2.75) is 12.8 Å². The smallest absolute Gasteiger partial charge is 0.336 e. The van der Waals surface area contributed by atoms with Gasteiger partial charge in [-0.15, -0.1) is 0 Å². The summed E-state index contributed by atoms with van der Waals surface area (Å²) in [5, 5.41) is 3.05. The van der Waals surface area contributed by atoms with Gasteiger partial charge in [0.2, 0.25) is 0 Å². The lowest BCUT2D eigenvalue weighted by molar-refractivity contribution is -0.136. The van der Waals surface area contributed by atoms with Gasteiger partial charge < -0.3 is 15.0 Å². The maximum absolute atomic E-state index is 12.5. The molecule has 0 aliphatic carbocycles. The summed E-state index contributed by atoms with van der Waals surface area (Å²) in [7, 11) is 1.32. The van der Waals surface area contributed by atoms with E-state index in [0.29, 0.717) is 22.7 Å². The molecule has 0 saturated heterocycles. The molecule has 2 aromatic rings. The molecule has 2 heterocycles. The minimum absolute atomic E-state index is 0.216. The fourth-order valence-electron chi connectivity index (χ4n) is 2.89. The Morgan fingerprint density at radius 1 is 1.33 bits per heavy atom. The molecular formula is C16H14BrN3O3S. The van der Waals surface area contributed by atoms with Crippen LogP contribution in [0.15, 0.2) is 44.8 Å². The Balaban J connectivity index is 2.34. The molecule has 1 atom stereocenters. The quantitative estimate of drug-likeness (QED) is 0.525. The average Bonchev–Trinajstić information content (AvgIpc) is 2.52. The van der Waals surface area contributed by atoms with Crippen LogP contribution in [0.3, 0.4) is 0 Å². The molecule has 1 aromatic carbocycles. The van der Waals surface area contributed by atoms with E-state index in [2.05, 4.69) is 31.2 Å². The number of methoxy groups -OCH3 is 1. The summed E-state index contributed by atoms with van der Waals surface area (Å²) in [5.74, 6) is -0.571. The first-order valence-electron chi connectivity index (χ1n) is 7.10. The van der Waals surface area contributed by atoms with Crippen LogP contribution in [0.25, 0.3) is 0 Å². The number of nitrogens with one attached hydrogen (secondary N) is 3. The highest BCUT2D eigenvalue weighted by Gasteiger charge is 2.35. The minimum Gasteiger partial charge on any atom is -0.466 e. The van der Waals surface area contributed by atoms with Gasteiger partial charge in [0, 0.05) is 10.2 Å². The van der Waals surface area contributed by atoms with E-state index in [1.54, 1.807) is 6.92 Å². The van der Waals surface area contributed by atoms with E-state index >= 15 is 0 Å². The van der Waals surface area contributed by atoms with E-state index in [-0.39, 0.29) is 10.3 Å². The Morgan fingerprint density at radius 3 is 2.75 bits per heavy atom. The molecule has 1 aromatic heterocycles. The molecule has 6 nitrogen and oxygen atoms in total. The van der Waals surface area contributed by atoms with Crippen molar-refractivity contribution < 1.29 is 9.53 Å². The third kappa shape index (κ3) is 2.83. The van der Waals surface area contributed by atoms with Crippen molar-refractivity contribution in [3.63, 3.8) is 0 Å². The lowest BCUT2D eigenvalue weighted by Gasteiger charge is -2.28.